The molecular weight excluding hydrogens is 230 g/mol. The quantitative estimate of drug-likeness (QED) is 0.757. The molecule has 0 N–H and O–H groups in total. The van der Waals surface area contributed by atoms with Crippen molar-refractivity contribution in [2.24, 2.45) is 0 Å². The highest BCUT2D eigenvalue weighted by Crippen LogP contribution is 2.08. The smallest absolute Gasteiger partial charge is 0.308 e. The molecule has 0 amide bonds. The molecule has 1 aromatic carbocycles. The van der Waals surface area contributed by atoms with Crippen molar-refractivity contribution in [1.82, 2.24) is 4.90 Å². The number of nitrogens with zero attached hydrogens (tertiary/aromatic N) is 1. The van der Waals surface area contributed by atoms with E-state index in [1.165, 1.54) is 0 Å². The van der Waals surface area contributed by atoms with E-state index in [0.29, 0.717) is 26.0 Å². The Balaban J connectivity index is 1.72. The van der Waals surface area contributed by atoms with Crippen molar-refractivity contribution >= 4 is 5.97 Å². The Labute approximate surface area is 107 Å². The number of hydrogen-bond donors (Lipinski definition) is 0. The molecule has 98 valence electrons. The molecule has 1 atom stereocenters. The summed E-state index contributed by atoms with van der Waals surface area (Å²) in [6.45, 7) is 2.16. The summed E-state index contributed by atoms with van der Waals surface area (Å²) in [7, 11) is 1.99. The molecule has 2 rings (SSSR count). The van der Waals surface area contributed by atoms with Crippen LogP contribution in [0.4, 0.5) is 0 Å². The van der Waals surface area contributed by atoms with Crippen LogP contribution in [0.3, 0.4) is 0 Å². The fourth-order valence-corrected chi connectivity index (χ4v) is 1.91. The number of rotatable bonds is 4. The van der Waals surface area contributed by atoms with Gasteiger partial charge in [-0.1, -0.05) is 30.3 Å². The Bertz CT molecular complexity index is 380. The summed E-state index contributed by atoms with van der Waals surface area (Å²) in [5, 5.41) is 0. The van der Waals surface area contributed by atoms with Gasteiger partial charge in [-0.2, -0.15) is 0 Å². The van der Waals surface area contributed by atoms with Crippen molar-refractivity contribution in [1.29, 1.82) is 0 Å². The largest absolute Gasteiger partial charge is 0.434 e. The van der Waals surface area contributed by atoms with E-state index in [4.69, 9.17) is 9.47 Å². The van der Waals surface area contributed by atoms with Crippen LogP contribution in [-0.4, -0.2) is 43.9 Å². The molecule has 18 heavy (non-hydrogen) atoms. The maximum atomic E-state index is 11.7. The van der Waals surface area contributed by atoms with Crippen molar-refractivity contribution in [3.63, 3.8) is 0 Å². The van der Waals surface area contributed by atoms with Gasteiger partial charge in [0.2, 0.25) is 6.29 Å². The van der Waals surface area contributed by atoms with Crippen LogP contribution in [0.5, 0.6) is 0 Å². The lowest BCUT2D eigenvalue weighted by molar-refractivity contribution is -0.192. The number of morpholine rings is 1. The minimum Gasteiger partial charge on any atom is -0.434 e. The predicted molar refractivity (Wildman–Crippen MR) is 68.1 cm³/mol. The van der Waals surface area contributed by atoms with E-state index in [-0.39, 0.29) is 5.97 Å². The van der Waals surface area contributed by atoms with Crippen molar-refractivity contribution in [2.45, 2.75) is 19.1 Å². The van der Waals surface area contributed by atoms with Crippen LogP contribution in [0.25, 0.3) is 0 Å². The molecule has 0 aliphatic carbocycles. The van der Waals surface area contributed by atoms with Gasteiger partial charge in [-0.3, -0.25) is 9.69 Å². The van der Waals surface area contributed by atoms with Gasteiger partial charge in [-0.25, -0.2) is 0 Å². The summed E-state index contributed by atoms with van der Waals surface area (Å²) in [6, 6.07) is 9.93. The normalized spacial score (nSPS) is 20.6. The molecule has 0 spiro atoms. The molecule has 0 aromatic heterocycles. The van der Waals surface area contributed by atoms with E-state index in [1.807, 2.05) is 37.4 Å². The number of carbonyl (C=O) groups is 1. The highest BCUT2D eigenvalue weighted by molar-refractivity contribution is 5.69. The monoisotopic (exact) mass is 249 g/mol. The van der Waals surface area contributed by atoms with Crippen LogP contribution in [-0.2, 0) is 20.7 Å². The lowest BCUT2D eigenvalue weighted by Gasteiger charge is -2.29. The van der Waals surface area contributed by atoms with Gasteiger partial charge < -0.3 is 9.47 Å². The number of benzene rings is 1. The molecule has 1 aliphatic heterocycles. The average molecular weight is 249 g/mol. The third kappa shape index (κ3) is 4.13. The zero-order valence-corrected chi connectivity index (χ0v) is 10.7. The zero-order valence-electron chi connectivity index (χ0n) is 10.7. The van der Waals surface area contributed by atoms with E-state index in [2.05, 4.69) is 4.90 Å². The van der Waals surface area contributed by atoms with E-state index < -0.39 is 6.29 Å². The molecule has 1 aromatic rings. The molecule has 1 saturated heterocycles. The highest BCUT2D eigenvalue weighted by atomic mass is 16.7. The first-order valence-electron chi connectivity index (χ1n) is 6.27. The van der Waals surface area contributed by atoms with Gasteiger partial charge in [-0.15, -0.1) is 0 Å². The summed E-state index contributed by atoms with van der Waals surface area (Å²) < 4.78 is 10.7. The molecule has 1 unspecified atom stereocenters. The van der Waals surface area contributed by atoms with Gasteiger partial charge in [0.25, 0.3) is 0 Å². The Hall–Kier alpha value is -1.39. The van der Waals surface area contributed by atoms with Crippen molar-refractivity contribution in [3.8, 4) is 0 Å². The molecule has 0 saturated carbocycles. The van der Waals surface area contributed by atoms with Gasteiger partial charge in [0.15, 0.2) is 0 Å². The summed E-state index contributed by atoms with van der Waals surface area (Å²) in [6.07, 6.45) is 0.697. The van der Waals surface area contributed by atoms with Crippen LogP contribution < -0.4 is 0 Å². The molecular formula is C14H19NO3. The fourth-order valence-electron chi connectivity index (χ4n) is 1.91. The second-order valence-electron chi connectivity index (χ2n) is 4.54. The van der Waals surface area contributed by atoms with Crippen LogP contribution in [0.2, 0.25) is 0 Å². The second kappa shape index (κ2) is 6.52. The molecule has 4 nitrogen and oxygen atoms in total. The summed E-state index contributed by atoms with van der Waals surface area (Å²) in [5.74, 6) is -0.195. The van der Waals surface area contributed by atoms with E-state index in [0.717, 1.165) is 12.1 Å². The molecule has 0 radical (unpaired) electrons. The minimum absolute atomic E-state index is 0.195. The second-order valence-corrected chi connectivity index (χ2v) is 4.54. The molecule has 1 heterocycles. The number of carbonyl (C=O) groups excluding carboxylic acids is 1. The van der Waals surface area contributed by atoms with Crippen LogP contribution in [0.15, 0.2) is 30.3 Å². The summed E-state index contributed by atoms with van der Waals surface area (Å²) in [4.78, 5) is 13.8. The minimum atomic E-state index is -0.410. The molecule has 0 bridgehead atoms. The standard InChI is InChI=1S/C14H19NO3/c1-15-9-10-17-14(11-15)18-13(16)8-7-12-5-3-2-4-6-12/h2-6,14H,7-11H2,1H3. The maximum absolute atomic E-state index is 11.7. The van der Waals surface area contributed by atoms with E-state index >= 15 is 0 Å². The predicted octanol–water partition coefficient (Wildman–Crippen LogP) is 1.45. The van der Waals surface area contributed by atoms with Crippen LogP contribution >= 0.6 is 0 Å². The maximum Gasteiger partial charge on any atom is 0.308 e. The van der Waals surface area contributed by atoms with Gasteiger partial charge in [0, 0.05) is 13.0 Å². The SMILES string of the molecule is CN1CCOC(OC(=O)CCc2ccccc2)C1. The van der Waals surface area contributed by atoms with Gasteiger partial charge in [0.05, 0.1) is 13.2 Å². The number of esters is 1. The van der Waals surface area contributed by atoms with Gasteiger partial charge in [0.1, 0.15) is 0 Å². The lowest BCUT2D eigenvalue weighted by atomic mass is 10.1. The first-order chi connectivity index (χ1) is 8.74. The van der Waals surface area contributed by atoms with Crippen molar-refractivity contribution in [3.05, 3.63) is 35.9 Å². The third-order valence-electron chi connectivity index (χ3n) is 2.96. The van der Waals surface area contributed by atoms with Crippen molar-refractivity contribution < 1.29 is 14.3 Å². The Morgan fingerprint density at radius 2 is 2.22 bits per heavy atom. The van der Waals surface area contributed by atoms with Crippen LogP contribution in [0.1, 0.15) is 12.0 Å². The number of likely N-dealkylation sites (N-methyl/N-ethyl adjacent to an activating group) is 1. The number of hydrogen-bond acceptors (Lipinski definition) is 4. The fraction of sp³-hybridized carbons (Fsp3) is 0.500. The average Bonchev–Trinajstić information content (AvgIpc) is 2.38. The topological polar surface area (TPSA) is 38.8 Å². The highest BCUT2D eigenvalue weighted by Gasteiger charge is 2.21. The Kier molecular flexibility index (Phi) is 4.73. The molecule has 4 heteroatoms. The summed E-state index contributed by atoms with van der Waals surface area (Å²) >= 11 is 0. The third-order valence-corrected chi connectivity index (χ3v) is 2.96. The first kappa shape index (κ1) is 13.1. The van der Waals surface area contributed by atoms with Gasteiger partial charge in [-0.05, 0) is 19.0 Å². The zero-order chi connectivity index (χ0) is 12.8. The molecule has 1 aliphatic rings. The number of aryl methyl sites for hydroxylation is 1. The van der Waals surface area contributed by atoms with E-state index in [1.54, 1.807) is 0 Å². The lowest BCUT2D eigenvalue weighted by Crippen LogP contribution is -2.42. The van der Waals surface area contributed by atoms with E-state index in [9.17, 15) is 4.79 Å². The van der Waals surface area contributed by atoms with Crippen LogP contribution in [0, 0.1) is 0 Å². The first-order valence-corrected chi connectivity index (χ1v) is 6.27. The molecule has 1 fully saturated rings. The Morgan fingerprint density at radius 3 is 2.94 bits per heavy atom. The summed E-state index contributed by atoms with van der Waals surface area (Å²) in [5.41, 5.74) is 1.15. The van der Waals surface area contributed by atoms with Gasteiger partial charge >= 0.3 is 5.97 Å². The number of ether oxygens (including phenoxy) is 2. The Morgan fingerprint density at radius 1 is 1.44 bits per heavy atom. The van der Waals surface area contributed by atoms with Crippen molar-refractivity contribution in [2.75, 3.05) is 26.7 Å².